The van der Waals surface area contributed by atoms with Crippen molar-refractivity contribution >= 4 is 24.0 Å². The minimum absolute atomic E-state index is 0. The molecule has 118 valence electrons. The third-order valence-electron chi connectivity index (χ3n) is 3.40. The van der Waals surface area contributed by atoms with E-state index >= 15 is 0 Å². The lowest BCUT2D eigenvalue weighted by Crippen LogP contribution is -2.35. The van der Waals surface area contributed by atoms with Gasteiger partial charge in [-0.25, -0.2) is 8.78 Å². The number of methoxy groups -OCH3 is 1. The maximum Gasteiger partial charge on any atom is 0.262 e. The molecule has 2 atom stereocenters. The first-order chi connectivity index (χ1) is 9.41. The van der Waals surface area contributed by atoms with Crippen molar-refractivity contribution in [1.29, 1.82) is 0 Å². The van der Waals surface area contributed by atoms with Crippen molar-refractivity contribution < 1.29 is 18.3 Å². The van der Waals surface area contributed by atoms with Crippen molar-refractivity contribution in [2.24, 2.45) is 0 Å². The van der Waals surface area contributed by atoms with Gasteiger partial charge in [0.15, 0.2) is 0 Å². The molecule has 2 rings (SSSR count). The van der Waals surface area contributed by atoms with E-state index in [1.54, 1.807) is 25.3 Å². The van der Waals surface area contributed by atoms with Crippen LogP contribution in [0.1, 0.15) is 25.0 Å². The van der Waals surface area contributed by atoms with Gasteiger partial charge < -0.3 is 10.1 Å². The highest BCUT2D eigenvalue weighted by Crippen LogP contribution is 2.26. The van der Waals surface area contributed by atoms with E-state index in [9.17, 15) is 13.6 Å². The summed E-state index contributed by atoms with van der Waals surface area (Å²) in [5.74, 6) is -3.25. The fourth-order valence-electron chi connectivity index (χ4n) is 2.14. The van der Waals surface area contributed by atoms with Crippen LogP contribution in [0.4, 0.5) is 14.5 Å². The van der Waals surface area contributed by atoms with Crippen LogP contribution in [0.3, 0.4) is 0 Å². The number of nitrogens with one attached hydrogen (secondary N) is 2. The average molecular weight is 321 g/mol. The van der Waals surface area contributed by atoms with E-state index in [1.165, 1.54) is 0 Å². The van der Waals surface area contributed by atoms with Gasteiger partial charge in [0.1, 0.15) is 0 Å². The van der Waals surface area contributed by atoms with Gasteiger partial charge in [0.25, 0.3) is 5.92 Å². The molecular weight excluding hydrogens is 302 g/mol. The number of rotatable bonds is 4. The largest absolute Gasteiger partial charge is 0.377 e. The van der Waals surface area contributed by atoms with Gasteiger partial charge in [-0.05, 0) is 24.6 Å². The molecule has 7 heteroatoms. The molecule has 1 aliphatic rings. The molecular formula is C14H19ClF2N2O2. The van der Waals surface area contributed by atoms with Crippen LogP contribution in [0.5, 0.6) is 0 Å². The second-order valence-electron chi connectivity index (χ2n) is 4.99. The summed E-state index contributed by atoms with van der Waals surface area (Å²) in [5.41, 5.74) is 1.49. The number of hydrogen-bond donors (Lipinski definition) is 2. The molecule has 2 unspecified atom stereocenters. The van der Waals surface area contributed by atoms with Crippen LogP contribution in [0, 0.1) is 0 Å². The highest BCUT2D eigenvalue weighted by Gasteiger charge is 2.42. The van der Waals surface area contributed by atoms with Crippen molar-refractivity contribution in [2.75, 3.05) is 19.0 Å². The lowest BCUT2D eigenvalue weighted by Gasteiger charge is -2.14. The van der Waals surface area contributed by atoms with Gasteiger partial charge in [-0.1, -0.05) is 12.1 Å². The van der Waals surface area contributed by atoms with Gasteiger partial charge in [-0.15, -0.1) is 12.4 Å². The maximum absolute atomic E-state index is 13.1. The molecule has 1 amide bonds. The van der Waals surface area contributed by atoms with E-state index in [-0.39, 0.29) is 18.5 Å². The lowest BCUT2D eigenvalue weighted by molar-refractivity contribution is -0.118. The van der Waals surface area contributed by atoms with Crippen molar-refractivity contribution in [3.8, 4) is 0 Å². The van der Waals surface area contributed by atoms with Gasteiger partial charge in [-0.3, -0.25) is 10.1 Å². The Labute approximate surface area is 128 Å². The molecule has 0 saturated carbocycles. The van der Waals surface area contributed by atoms with Gasteiger partial charge in [0.2, 0.25) is 5.91 Å². The van der Waals surface area contributed by atoms with Crippen LogP contribution < -0.4 is 10.6 Å². The van der Waals surface area contributed by atoms with Crippen LogP contribution >= 0.6 is 12.4 Å². The zero-order chi connectivity index (χ0) is 14.8. The van der Waals surface area contributed by atoms with Gasteiger partial charge in [0.05, 0.1) is 18.7 Å². The first-order valence-corrected chi connectivity index (χ1v) is 6.46. The van der Waals surface area contributed by atoms with E-state index in [0.717, 1.165) is 5.56 Å². The number of benzene rings is 1. The summed E-state index contributed by atoms with van der Waals surface area (Å²) >= 11 is 0. The Morgan fingerprint density at radius 2 is 2.24 bits per heavy atom. The number of amides is 1. The maximum atomic E-state index is 13.1. The fourth-order valence-corrected chi connectivity index (χ4v) is 2.14. The minimum Gasteiger partial charge on any atom is -0.377 e. The number of ether oxygens (including phenoxy) is 1. The minimum atomic E-state index is -2.81. The second-order valence-corrected chi connectivity index (χ2v) is 4.99. The van der Waals surface area contributed by atoms with E-state index in [1.807, 2.05) is 13.0 Å². The first-order valence-electron chi connectivity index (χ1n) is 6.46. The van der Waals surface area contributed by atoms with E-state index in [4.69, 9.17) is 4.74 Å². The Balaban J connectivity index is 0.00000220. The summed E-state index contributed by atoms with van der Waals surface area (Å²) in [6.07, 6.45) is -0.562. The number of anilines is 1. The summed E-state index contributed by atoms with van der Waals surface area (Å²) in [6, 6.07) is 6.31. The predicted octanol–water partition coefficient (Wildman–Crippen LogP) is 2.75. The molecule has 1 saturated heterocycles. The summed E-state index contributed by atoms with van der Waals surface area (Å²) in [5, 5.41) is 5.18. The average Bonchev–Trinajstić information content (AvgIpc) is 2.78. The molecule has 0 aliphatic carbocycles. The highest BCUT2D eigenvalue weighted by atomic mass is 35.5. The van der Waals surface area contributed by atoms with E-state index in [2.05, 4.69) is 10.6 Å². The Kier molecular flexibility index (Phi) is 6.07. The van der Waals surface area contributed by atoms with Crippen LogP contribution in [-0.4, -0.2) is 31.5 Å². The number of hydrogen-bond acceptors (Lipinski definition) is 3. The summed E-state index contributed by atoms with van der Waals surface area (Å²) in [6.45, 7) is 1.44. The smallest absolute Gasteiger partial charge is 0.262 e. The predicted molar refractivity (Wildman–Crippen MR) is 79.1 cm³/mol. The molecule has 21 heavy (non-hydrogen) atoms. The van der Waals surface area contributed by atoms with Crippen LogP contribution in [0.15, 0.2) is 24.3 Å². The number of carbonyl (C=O) groups is 1. The van der Waals surface area contributed by atoms with Crippen LogP contribution in [0.2, 0.25) is 0 Å². The van der Waals surface area contributed by atoms with Crippen molar-refractivity contribution in [3.05, 3.63) is 29.8 Å². The van der Waals surface area contributed by atoms with Crippen molar-refractivity contribution in [2.45, 2.75) is 31.4 Å². The number of carbonyl (C=O) groups excluding carboxylic acids is 1. The second kappa shape index (κ2) is 7.15. The standard InChI is InChI=1S/C14H18F2N2O2.ClH/c1-9(20-2)10-4-3-5-11(6-10)18-13(19)12-7-14(15,16)8-17-12;/h3-6,9,12,17H,7-8H2,1-2H3,(H,18,19);1H. The molecule has 0 spiro atoms. The monoisotopic (exact) mass is 320 g/mol. The van der Waals surface area contributed by atoms with Gasteiger partial charge in [0, 0.05) is 19.2 Å². The normalized spacial score (nSPS) is 21.4. The van der Waals surface area contributed by atoms with Crippen LogP contribution in [-0.2, 0) is 9.53 Å². The summed E-state index contributed by atoms with van der Waals surface area (Å²) in [4.78, 5) is 11.9. The lowest BCUT2D eigenvalue weighted by atomic mass is 10.1. The van der Waals surface area contributed by atoms with Gasteiger partial charge in [-0.2, -0.15) is 0 Å². The molecule has 2 N–H and O–H groups in total. The van der Waals surface area contributed by atoms with E-state index in [0.29, 0.717) is 5.69 Å². The molecule has 1 heterocycles. The third kappa shape index (κ3) is 4.62. The molecule has 0 bridgehead atoms. The highest BCUT2D eigenvalue weighted by molar-refractivity contribution is 5.95. The molecule has 1 fully saturated rings. The Bertz CT molecular complexity index is 500. The topological polar surface area (TPSA) is 50.4 Å². The zero-order valence-electron chi connectivity index (χ0n) is 11.9. The Morgan fingerprint density at radius 3 is 2.81 bits per heavy atom. The molecule has 1 aromatic carbocycles. The molecule has 1 aromatic rings. The van der Waals surface area contributed by atoms with Crippen LogP contribution in [0.25, 0.3) is 0 Å². The molecule has 1 aliphatic heterocycles. The Morgan fingerprint density at radius 1 is 1.52 bits per heavy atom. The van der Waals surface area contributed by atoms with E-state index < -0.39 is 30.8 Å². The summed E-state index contributed by atoms with van der Waals surface area (Å²) in [7, 11) is 1.60. The summed E-state index contributed by atoms with van der Waals surface area (Å²) < 4.78 is 31.3. The fraction of sp³-hybridized carbons (Fsp3) is 0.500. The molecule has 0 aromatic heterocycles. The third-order valence-corrected chi connectivity index (χ3v) is 3.40. The quantitative estimate of drug-likeness (QED) is 0.897. The van der Waals surface area contributed by atoms with Gasteiger partial charge >= 0.3 is 0 Å². The molecule has 4 nitrogen and oxygen atoms in total. The number of halogens is 3. The molecule has 0 radical (unpaired) electrons. The van der Waals surface area contributed by atoms with Crippen molar-refractivity contribution in [1.82, 2.24) is 5.32 Å². The Hall–Kier alpha value is -1.24. The SMILES string of the molecule is COC(C)c1cccc(NC(=O)C2CC(F)(F)CN2)c1.Cl. The zero-order valence-corrected chi connectivity index (χ0v) is 12.7. The number of alkyl halides is 2. The first kappa shape index (κ1) is 17.8. The van der Waals surface area contributed by atoms with Crippen molar-refractivity contribution in [3.63, 3.8) is 0 Å².